The minimum absolute atomic E-state index is 0.00321. The molecule has 1 aromatic carbocycles. The van der Waals surface area contributed by atoms with Crippen molar-refractivity contribution in [2.24, 2.45) is 0 Å². The van der Waals surface area contributed by atoms with Crippen molar-refractivity contribution in [3.05, 3.63) is 35.9 Å². The van der Waals surface area contributed by atoms with Gasteiger partial charge in [0, 0.05) is 13.1 Å². The van der Waals surface area contributed by atoms with Crippen molar-refractivity contribution in [1.29, 1.82) is 0 Å². The predicted octanol–water partition coefficient (Wildman–Crippen LogP) is 2.80. The number of carbonyl (C=O) groups excluding carboxylic acids is 2. The summed E-state index contributed by atoms with van der Waals surface area (Å²) in [5.74, 6) is 0.00321. The third-order valence-corrected chi connectivity index (χ3v) is 4.35. The van der Waals surface area contributed by atoms with Crippen LogP contribution in [0.5, 0.6) is 0 Å². The number of carbonyl (C=O) groups is 2. The summed E-state index contributed by atoms with van der Waals surface area (Å²) in [5, 5.41) is 0. The summed E-state index contributed by atoms with van der Waals surface area (Å²) in [5.41, 5.74) is 0.387. The van der Waals surface area contributed by atoms with E-state index in [9.17, 15) is 9.59 Å². The van der Waals surface area contributed by atoms with Crippen LogP contribution in [0.3, 0.4) is 0 Å². The molecule has 1 aliphatic heterocycles. The average Bonchev–Trinajstić information content (AvgIpc) is 3.22. The van der Waals surface area contributed by atoms with E-state index in [-0.39, 0.29) is 18.0 Å². The average molecular weight is 316 g/mol. The molecular formula is C18H24N2O3. The summed E-state index contributed by atoms with van der Waals surface area (Å²) in [7, 11) is 0. The van der Waals surface area contributed by atoms with Crippen molar-refractivity contribution in [1.82, 2.24) is 9.80 Å². The second kappa shape index (κ2) is 5.55. The van der Waals surface area contributed by atoms with Gasteiger partial charge in [0.1, 0.15) is 12.1 Å². The van der Waals surface area contributed by atoms with E-state index in [0.29, 0.717) is 13.1 Å². The summed E-state index contributed by atoms with van der Waals surface area (Å²) in [4.78, 5) is 28.4. The van der Waals surface area contributed by atoms with Gasteiger partial charge in [0.2, 0.25) is 5.91 Å². The van der Waals surface area contributed by atoms with Crippen molar-refractivity contribution in [3.8, 4) is 0 Å². The number of nitrogens with zero attached hydrogens (tertiary/aromatic N) is 2. The summed E-state index contributed by atoms with van der Waals surface area (Å²) in [6.45, 7) is 6.80. The van der Waals surface area contributed by atoms with Crippen LogP contribution in [0.2, 0.25) is 0 Å². The van der Waals surface area contributed by atoms with Crippen LogP contribution in [-0.4, -0.2) is 46.0 Å². The van der Waals surface area contributed by atoms with E-state index in [1.54, 1.807) is 4.90 Å². The normalized spacial score (nSPS) is 19.9. The summed E-state index contributed by atoms with van der Waals surface area (Å²) in [6.07, 6.45) is 1.51. The molecule has 0 N–H and O–H groups in total. The van der Waals surface area contributed by atoms with E-state index in [1.807, 2.05) is 56.0 Å². The summed E-state index contributed by atoms with van der Waals surface area (Å²) in [6, 6.07) is 10.00. The van der Waals surface area contributed by atoms with E-state index >= 15 is 0 Å². The van der Waals surface area contributed by atoms with Crippen LogP contribution in [0.4, 0.5) is 4.79 Å². The molecule has 23 heavy (non-hydrogen) atoms. The van der Waals surface area contributed by atoms with Crippen LogP contribution in [0.25, 0.3) is 0 Å². The van der Waals surface area contributed by atoms with Gasteiger partial charge in [-0.2, -0.15) is 0 Å². The zero-order valence-electron chi connectivity index (χ0n) is 14.0. The molecule has 2 fully saturated rings. The van der Waals surface area contributed by atoms with Crippen molar-refractivity contribution in [2.45, 2.75) is 51.3 Å². The molecule has 0 aromatic heterocycles. The summed E-state index contributed by atoms with van der Waals surface area (Å²) >= 11 is 0. The van der Waals surface area contributed by atoms with E-state index in [1.165, 1.54) is 0 Å². The Morgan fingerprint density at radius 1 is 1.22 bits per heavy atom. The maximum atomic E-state index is 12.6. The highest BCUT2D eigenvalue weighted by atomic mass is 16.6. The smallest absolute Gasteiger partial charge is 0.410 e. The van der Waals surface area contributed by atoms with Gasteiger partial charge in [-0.15, -0.1) is 0 Å². The molecule has 1 aromatic rings. The number of piperazine rings is 1. The molecule has 1 saturated heterocycles. The van der Waals surface area contributed by atoms with Gasteiger partial charge >= 0.3 is 6.09 Å². The first kappa shape index (κ1) is 15.8. The SMILES string of the molecule is CC(C)(C)OC(=O)N1CC(=O)N(Cc2ccccc2)C2(CC2)C1. The standard InChI is InChI=1S/C18H24N2O3/c1-17(2,3)23-16(22)19-12-15(21)20(18(13-19)9-10-18)11-14-7-5-4-6-8-14/h4-8H,9-13H2,1-3H3. The first-order valence-electron chi connectivity index (χ1n) is 8.11. The molecule has 1 heterocycles. The lowest BCUT2D eigenvalue weighted by atomic mass is 10.1. The maximum Gasteiger partial charge on any atom is 0.410 e. The molecule has 0 atom stereocenters. The first-order valence-corrected chi connectivity index (χ1v) is 8.11. The largest absolute Gasteiger partial charge is 0.444 e. The fraction of sp³-hybridized carbons (Fsp3) is 0.556. The van der Waals surface area contributed by atoms with E-state index in [2.05, 4.69) is 0 Å². The lowest BCUT2D eigenvalue weighted by Crippen LogP contribution is -2.59. The van der Waals surface area contributed by atoms with Crippen LogP contribution in [0.1, 0.15) is 39.2 Å². The minimum atomic E-state index is -0.544. The quantitative estimate of drug-likeness (QED) is 0.843. The number of hydrogen-bond donors (Lipinski definition) is 0. The van der Waals surface area contributed by atoms with Gasteiger partial charge < -0.3 is 9.64 Å². The fourth-order valence-electron chi connectivity index (χ4n) is 3.06. The fourth-order valence-corrected chi connectivity index (χ4v) is 3.06. The molecule has 3 rings (SSSR count). The zero-order valence-corrected chi connectivity index (χ0v) is 14.0. The Morgan fingerprint density at radius 2 is 1.87 bits per heavy atom. The molecule has 2 aliphatic rings. The van der Waals surface area contributed by atoms with Gasteiger partial charge in [-0.3, -0.25) is 9.69 Å². The van der Waals surface area contributed by atoms with E-state index in [0.717, 1.165) is 18.4 Å². The van der Waals surface area contributed by atoms with Crippen molar-refractivity contribution < 1.29 is 14.3 Å². The molecule has 1 spiro atoms. The Labute approximate surface area is 137 Å². The van der Waals surface area contributed by atoms with Crippen molar-refractivity contribution >= 4 is 12.0 Å². The molecule has 1 saturated carbocycles. The summed E-state index contributed by atoms with van der Waals surface area (Å²) < 4.78 is 5.42. The van der Waals surface area contributed by atoms with Crippen LogP contribution in [-0.2, 0) is 16.1 Å². The lowest BCUT2D eigenvalue weighted by Gasteiger charge is -2.42. The van der Waals surface area contributed by atoms with Crippen LogP contribution < -0.4 is 0 Å². The second-order valence-electron chi connectivity index (χ2n) is 7.53. The van der Waals surface area contributed by atoms with E-state index in [4.69, 9.17) is 4.74 Å². The van der Waals surface area contributed by atoms with Crippen LogP contribution in [0, 0.1) is 0 Å². The van der Waals surface area contributed by atoms with Gasteiger partial charge in [0.15, 0.2) is 0 Å². The Morgan fingerprint density at radius 3 is 2.43 bits per heavy atom. The maximum absolute atomic E-state index is 12.6. The van der Waals surface area contributed by atoms with Crippen molar-refractivity contribution in [2.75, 3.05) is 13.1 Å². The van der Waals surface area contributed by atoms with Gasteiger partial charge in [0.25, 0.3) is 0 Å². The Bertz CT molecular complexity index is 602. The third kappa shape index (κ3) is 3.49. The van der Waals surface area contributed by atoms with E-state index < -0.39 is 11.7 Å². The number of amides is 2. The van der Waals surface area contributed by atoms with Gasteiger partial charge in [-0.25, -0.2) is 4.79 Å². The minimum Gasteiger partial charge on any atom is -0.444 e. The van der Waals surface area contributed by atoms with Gasteiger partial charge in [-0.05, 0) is 39.2 Å². The second-order valence-corrected chi connectivity index (χ2v) is 7.53. The molecule has 2 amide bonds. The molecule has 0 bridgehead atoms. The zero-order chi connectivity index (χ0) is 16.7. The molecular weight excluding hydrogens is 292 g/mol. The van der Waals surface area contributed by atoms with Gasteiger partial charge in [-0.1, -0.05) is 30.3 Å². The highest BCUT2D eigenvalue weighted by Gasteiger charge is 2.55. The Kier molecular flexibility index (Phi) is 3.82. The monoisotopic (exact) mass is 316 g/mol. The predicted molar refractivity (Wildman–Crippen MR) is 86.8 cm³/mol. The number of benzene rings is 1. The number of hydrogen-bond acceptors (Lipinski definition) is 3. The molecule has 0 radical (unpaired) electrons. The Hall–Kier alpha value is -2.04. The number of rotatable bonds is 2. The first-order chi connectivity index (χ1) is 10.8. The molecule has 1 aliphatic carbocycles. The molecule has 0 unspecified atom stereocenters. The van der Waals surface area contributed by atoms with Crippen LogP contribution in [0.15, 0.2) is 30.3 Å². The molecule has 5 nitrogen and oxygen atoms in total. The lowest BCUT2D eigenvalue weighted by molar-refractivity contribution is -0.141. The molecule has 5 heteroatoms. The Balaban J connectivity index is 1.71. The van der Waals surface area contributed by atoms with Gasteiger partial charge in [0.05, 0.1) is 5.54 Å². The number of ether oxygens (including phenoxy) is 1. The third-order valence-electron chi connectivity index (χ3n) is 4.35. The highest BCUT2D eigenvalue weighted by molar-refractivity contribution is 5.85. The molecule has 124 valence electrons. The van der Waals surface area contributed by atoms with Crippen molar-refractivity contribution in [3.63, 3.8) is 0 Å². The topological polar surface area (TPSA) is 49.9 Å². The van der Waals surface area contributed by atoms with Crippen LogP contribution >= 0.6 is 0 Å². The highest BCUT2D eigenvalue weighted by Crippen LogP contribution is 2.45.